The summed E-state index contributed by atoms with van der Waals surface area (Å²) in [5.74, 6) is 0. The number of aromatic nitrogens is 2. The Hall–Kier alpha value is -6.20. The van der Waals surface area contributed by atoms with Gasteiger partial charge in [-0.05, 0) is 69.4 Å². The number of benzene rings is 6. The summed E-state index contributed by atoms with van der Waals surface area (Å²) < 4.78 is 12.6. The van der Waals surface area contributed by atoms with Gasteiger partial charge in [0.05, 0.1) is 33.2 Å². The average molecular weight is 578 g/mol. The molecule has 0 amide bonds. The predicted molar refractivity (Wildman–Crippen MR) is 184 cm³/mol. The molecule has 6 aromatic carbocycles. The predicted octanol–water partition coefficient (Wildman–Crippen LogP) is 11.2. The highest BCUT2D eigenvalue weighted by Gasteiger charge is 2.25. The molecule has 10 rings (SSSR count). The number of hydrogen-bond acceptors (Lipinski definition) is 5. The third kappa shape index (κ3) is 3.43. The van der Waals surface area contributed by atoms with Crippen molar-refractivity contribution >= 4 is 93.5 Å². The van der Waals surface area contributed by atoms with Crippen LogP contribution in [0.1, 0.15) is 0 Å². The summed E-state index contributed by atoms with van der Waals surface area (Å²) >= 11 is 0. The minimum absolute atomic E-state index is 0.597. The molecule has 0 aliphatic carbocycles. The maximum atomic E-state index is 6.31. The van der Waals surface area contributed by atoms with E-state index < -0.39 is 0 Å². The summed E-state index contributed by atoms with van der Waals surface area (Å²) in [6, 6.07) is 44.6. The highest BCUT2D eigenvalue weighted by molar-refractivity contribution is 6.26. The molecule has 210 valence electrons. The molecule has 0 N–H and O–H groups in total. The van der Waals surface area contributed by atoms with Gasteiger partial charge in [-0.3, -0.25) is 0 Å². The Balaban J connectivity index is 1.43. The molecule has 4 aromatic heterocycles. The van der Waals surface area contributed by atoms with Crippen molar-refractivity contribution in [2.45, 2.75) is 0 Å². The lowest BCUT2D eigenvalue weighted by Gasteiger charge is -2.29. The standard InChI is InChI=1S/C40H23N3O2/c1-3-11-26-24(9-1)18-19-28-33(23-25-10-2-4-12-27(25)36(26)28)43(31-15-7-17-35-37(31)30-14-8-21-41-39(30)45-35)32-20-22-42-40-38(32)29-13-5-6-16-34(29)44-40/h1-23H. The van der Waals surface area contributed by atoms with Crippen LogP contribution in [0.4, 0.5) is 17.1 Å². The molecule has 10 aromatic rings. The largest absolute Gasteiger partial charge is 0.438 e. The number of rotatable bonds is 3. The lowest BCUT2D eigenvalue weighted by molar-refractivity contribution is 0.654. The fourth-order valence-electron chi connectivity index (χ4n) is 7.07. The second-order valence-electron chi connectivity index (χ2n) is 11.4. The van der Waals surface area contributed by atoms with Crippen molar-refractivity contribution in [3.05, 3.63) is 140 Å². The van der Waals surface area contributed by atoms with E-state index in [1.807, 2.05) is 36.5 Å². The zero-order chi connectivity index (χ0) is 29.5. The van der Waals surface area contributed by atoms with E-state index >= 15 is 0 Å². The Morgan fingerprint density at radius 2 is 1.09 bits per heavy atom. The molecule has 0 atom stereocenters. The average Bonchev–Trinajstić information content (AvgIpc) is 3.67. The van der Waals surface area contributed by atoms with Crippen LogP contribution >= 0.6 is 0 Å². The van der Waals surface area contributed by atoms with E-state index in [9.17, 15) is 0 Å². The maximum Gasteiger partial charge on any atom is 0.229 e. The van der Waals surface area contributed by atoms with Gasteiger partial charge in [0.25, 0.3) is 0 Å². The maximum absolute atomic E-state index is 6.31. The number of nitrogens with zero attached hydrogens (tertiary/aromatic N) is 3. The molecule has 0 bridgehead atoms. The van der Waals surface area contributed by atoms with Crippen molar-refractivity contribution in [2.75, 3.05) is 4.90 Å². The van der Waals surface area contributed by atoms with E-state index in [0.717, 1.165) is 60.5 Å². The number of hydrogen-bond donors (Lipinski definition) is 0. The molecule has 0 aliphatic rings. The van der Waals surface area contributed by atoms with Crippen LogP contribution in [0.25, 0.3) is 76.5 Å². The SMILES string of the molecule is c1ccc2c(c1)ccc1c(N(c3cccc4oc5ncccc5c34)c3ccnc4oc5ccccc5c34)cc3ccccc3c12. The van der Waals surface area contributed by atoms with Gasteiger partial charge in [-0.15, -0.1) is 0 Å². The topological polar surface area (TPSA) is 55.3 Å². The van der Waals surface area contributed by atoms with Gasteiger partial charge in [0.2, 0.25) is 11.4 Å². The summed E-state index contributed by atoms with van der Waals surface area (Å²) in [5, 5.41) is 11.1. The van der Waals surface area contributed by atoms with Crippen molar-refractivity contribution < 1.29 is 8.83 Å². The molecule has 5 nitrogen and oxygen atoms in total. The molecular weight excluding hydrogens is 554 g/mol. The minimum atomic E-state index is 0.597. The van der Waals surface area contributed by atoms with Crippen LogP contribution in [0.2, 0.25) is 0 Å². The van der Waals surface area contributed by atoms with Crippen LogP contribution in [0.5, 0.6) is 0 Å². The molecule has 0 fully saturated rings. The van der Waals surface area contributed by atoms with Gasteiger partial charge in [-0.2, -0.15) is 0 Å². The first kappa shape index (κ1) is 24.3. The second kappa shape index (κ2) is 9.15. The smallest absolute Gasteiger partial charge is 0.229 e. The second-order valence-corrected chi connectivity index (χ2v) is 11.4. The number of pyridine rings is 2. The normalized spacial score (nSPS) is 12.0. The lowest BCUT2D eigenvalue weighted by atomic mass is 9.94. The van der Waals surface area contributed by atoms with Crippen molar-refractivity contribution in [2.24, 2.45) is 0 Å². The summed E-state index contributed by atoms with van der Waals surface area (Å²) in [7, 11) is 0. The van der Waals surface area contributed by atoms with Crippen molar-refractivity contribution in [1.82, 2.24) is 9.97 Å². The van der Waals surface area contributed by atoms with Gasteiger partial charge in [0.15, 0.2) is 0 Å². The van der Waals surface area contributed by atoms with Gasteiger partial charge < -0.3 is 13.7 Å². The lowest BCUT2D eigenvalue weighted by Crippen LogP contribution is -2.12. The van der Waals surface area contributed by atoms with Gasteiger partial charge in [0.1, 0.15) is 11.2 Å². The third-order valence-corrected chi connectivity index (χ3v) is 8.96. The van der Waals surface area contributed by atoms with Gasteiger partial charge >= 0.3 is 0 Å². The molecule has 4 heterocycles. The molecule has 0 spiro atoms. The van der Waals surface area contributed by atoms with Gasteiger partial charge in [-0.1, -0.05) is 84.9 Å². The van der Waals surface area contributed by atoms with Gasteiger partial charge in [-0.25, -0.2) is 9.97 Å². The highest BCUT2D eigenvalue weighted by Crippen LogP contribution is 2.49. The van der Waals surface area contributed by atoms with Gasteiger partial charge in [0, 0.05) is 23.2 Å². The summed E-state index contributed by atoms with van der Waals surface area (Å²) in [6.45, 7) is 0. The van der Waals surface area contributed by atoms with E-state index in [-0.39, 0.29) is 0 Å². The third-order valence-electron chi connectivity index (χ3n) is 8.96. The number of anilines is 3. The molecule has 0 radical (unpaired) electrons. The minimum Gasteiger partial charge on any atom is -0.438 e. The van der Waals surface area contributed by atoms with E-state index in [1.54, 1.807) is 6.20 Å². The zero-order valence-electron chi connectivity index (χ0n) is 23.9. The fourth-order valence-corrected chi connectivity index (χ4v) is 7.07. The Morgan fingerprint density at radius 3 is 2.00 bits per heavy atom. The van der Waals surface area contributed by atoms with Crippen LogP contribution in [-0.2, 0) is 0 Å². The molecular formula is C40H23N3O2. The molecule has 0 aliphatic heterocycles. The van der Waals surface area contributed by atoms with Crippen molar-refractivity contribution in [3.8, 4) is 0 Å². The molecule has 5 heteroatoms. The van der Waals surface area contributed by atoms with Crippen molar-refractivity contribution in [3.63, 3.8) is 0 Å². The van der Waals surface area contributed by atoms with Crippen LogP contribution in [0.15, 0.2) is 149 Å². The first-order valence-electron chi connectivity index (χ1n) is 15.0. The van der Waals surface area contributed by atoms with Crippen LogP contribution in [0, 0.1) is 0 Å². The van der Waals surface area contributed by atoms with E-state index in [4.69, 9.17) is 8.83 Å². The number of furan rings is 2. The Morgan fingerprint density at radius 1 is 0.400 bits per heavy atom. The molecule has 45 heavy (non-hydrogen) atoms. The fraction of sp³-hybridized carbons (Fsp3) is 0. The van der Waals surface area contributed by atoms with Crippen LogP contribution in [0.3, 0.4) is 0 Å². The van der Waals surface area contributed by atoms with Crippen molar-refractivity contribution in [1.29, 1.82) is 0 Å². The zero-order valence-corrected chi connectivity index (χ0v) is 23.9. The number of fused-ring (bicyclic) bond motifs is 11. The van der Waals surface area contributed by atoms with Crippen LogP contribution < -0.4 is 4.90 Å². The summed E-state index contributed by atoms with van der Waals surface area (Å²) in [5.41, 5.74) is 5.81. The first-order chi connectivity index (χ1) is 22.3. The van der Waals surface area contributed by atoms with Crippen LogP contribution in [-0.4, -0.2) is 9.97 Å². The van der Waals surface area contributed by atoms with E-state index in [1.165, 1.54) is 21.5 Å². The first-order valence-corrected chi connectivity index (χ1v) is 15.0. The molecule has 0 saturated carbocycles. The molecule has 0 unspecified atom stereocenters. The Labute approximate surface area is 256 Å². The monoisotopic (exact) mass is 577 g/mol. The van der Waals surface area contributed by atoms with E-state index in [0.29, 0.717) is 11.4 Å². The summed E-state index contributed by atoms with van der Waals surface area (Å²) in [4.78, 5) is 11.6. The molecule has 0 saturated heterocycles. The summed E-state index contributed by atoms with van der Waals surface area (Å²) in [6.07, 6.45) is 3.61. The van der Waals surface area contributed by atoms with E-state index in [2.05, 4.69) is 112 Å². The Bertz CT molecular complexity index is 2660. The number of para-hydroxylation sites is 1. The quantitative estimate of drug-likeness (QED) is 0.196. The Kier molecular flexibility index (Phi) is 4.93. The highest BCUT2D eigenvalue weighted by atomic mass is 16.3.